The SMILES string of the molecule is CCC(O)c1cc(OC)c2ccccc2c1OC. The highest BCUT2D eigenvalue weighted by molar-refractivity contribution is 5.94. The fraction of sp³-hybridized carbons (Fsp3) is 0.333. The minimum Gasteiger partial charge on any atom is -0.496 e. The number of hydrogen-bond donors (Lipinski definition) is 1. The van der Waals surface area contributed by atoms with Gasteiger partial charge >= 0.3 is 0 Å². The van der Waals surface area contributed by atoms with Gasteiger partial charge in [0.1, 0.15) is 11.5 Å². The van der Waals surface area contributed by atoms with Gasteiger partial charge < -0.3 is 14.6 Å². The van der Waals surface area contributed by atoms with E-state index in [1.807, 2.05) is 37.3 Å². The summed E-state index contributed by atoms with van der Waals surface area (Å²) < 4.78 is 10.9. The number of hydrogen-bond acceptors (Lipinski definition) is 3. The van der Waals surface area contributed by atoms with Gasteiger partial charge in [-0.05, 0) is 12.5 Å². The van der Waals surface area contributed by atoms with Crippen molar-refractivity contribution in [3.63, 3.8) is 0 Å². The van der Waals surface area contributed by atoms with Gasteiger partial charge in [0.05, 0.1) is 20.3 Å². The number of aliphatic hydroxyl groups is 1. The molecule has 3 nitrogen and oxygen atoms in total. The van der Waals surface area contributed by atoms with Gasteiger partial charge in [0.2, 0.25) is 0 Å². The van der Waals surface area contributed by atoms with Gasteiger partial charge in [0.25, 0.3) is 0 Å². The van der Waals surface area contributed by atoms with Crippen molar-refractivity contribution in [2.45, 2.75) is 19.4 Å². The lowest BCUT2D eigenvalue weighted by Gasteiger charge is -2.17. The van der Waals surface area contributed by atoms with Gasteiger partial charge in [-0.3, -0.25) is 0 Å². The predicted molar refractivity (Wildman–Crippen MR) is 72.3 cm³/mol. The highest BCUT2D eigenvalue weighted by Crippen LogP contribution is 2.39. The Labute approximate surface area is 107 Å². The zero-order valence-corrected chi connectivity index (χ0v) is 10.9. The molecule has 0 bridgehead atoms. The van der Waals surface area contributed by atoms with E-state index in [-0.39, 0.29) is 0 Å². The summed E-state index contributed by atoms with van der Waals surface area (Å²) in [5.74, 6) is 1.48. The normalized spacial score (nSPS) is 12.4. The molecule has 0 heterocycles. The monoisotopic (exact) mass is 246 g/mol. The second kappa shape index (κ2) is 5.27. The third kappa shape index (κ3) is 2.02. The molecule has 1 unspecified atom stereocenters. The van der Waals surface area contributed by atoms with E-state index in [2.05, 4.69) is 0 Å². The lowest BCUT2D eigenvalue weighted by Crippen LogP contribution is -2.01. The summed E-state index contributed by atoms with van der Waals surface area (Å²) >= 11 is 0. The molecule has 2 aromatic carbocycles. The topological polar surface area (TPSA) is 38.7 Å². The van der Waals surface area contributed by atoms with E-state index < -0.39 is 6.10 Å². The number of aliphatic hydroxyl groups excluding tert-OH is 1. The number of rotatable bonds is 4. The van der Waals surface area contributed by atoms with E-state index >= 15 is 0 Å². The van der Waals surface area contributed by atoms with E-state index in [1.165, 1.54) is 0 Å². The second-order valence-corrected chi connectivity index (χ2v) is 4.17. The Hall–Kier alpha value is -1.74. The first kappa shape index (κ1) is 12.7. The standard InChI is InChI=1S/C15H18O3/c1-4-13(16)12-9-14(17-2)10-7-5-6-8-11(10)15(12)18-3/h5-9,13,16H,4H2,1-3H3. The van der Waals surface area contributed by atoms with Gasteiger partial charge in [-0.15, -0.1) is 0 Å². The highest BCUT2D eigenvalue weighted by atomic mass is 16.5. The third-order valence-corrected chi connectivity index (χ3v) is 3.16. The van der Waals surface area contributed by atoms with Crippen LogP contribution in [0.5, 0.6) is 11.5 Å². The summed E-state index contributed by atoms with van der Waals surface area (Å²) in [6.07, 6.45) is 0.0937. The maximum Gasteiger partial charge on any atom is 0.132 e. The second-order valence-electron chi connectivity index (χ2n) is 4.17. The quantitative estimate of drug-likeness (QED) is 0.899. The van der Waals surface area contributed by atoms with Crippen LogP contribution in [0.1, 0.15) is 25.0 Å². The fourth-order valence-electron chi connectivity index (χ4n) is 2.20. The van der Waals surface area contributed by atoms with E-state index in [0.717, 1.165) is 27.8 Å². The van der Waals surface area contributed by atoms with Crippen LogP contribution in [0.4, 0.5) is 0 Å². The van der Waals surface area contributed by atoms with Crippen LogP contribution in [-0.2, 0) is 0 Å². The molecule has 0 radical (unpaired) electrons. The highest BCUT2D eigenvalue weighted by Gasteiger charge is 2.17. The zero-order valence-electron chi connectivity index (χ0n) is 10.9. The summed E-state index contributed by atoms with van der Waals surface area (Å²) in [6, 6.07) is 9.73. The van der Waals surface area contributed by atoms with Crippen molar-refractivity contribution in [1.82, 2.24) is 0 Å². The van der Waals surface area contributed by atoms with Crippen LogP contribution in [-0.4, -0.2) is 19.3 Å². The van der Waals surface area contributed by atoms with Crippen LogP contribution >= 0.6 is 0 Å². The molecule has 0 saturated carbocycles. The average Bonchev–Trinajstić information content (AvgIpc) is 2.44. The molecule has 1 N–H and O–H groups in total. The smallest absolute Gasteiger partial charge is 0.132 e. The molecule has 96 valence electrons. The lowest BCUT2D eigenvalue weighted by atomic mass is 9.99. The third-order valence-electron chi connectivity index (χ3n) is 3.16. The van der Waals surface area contributed by atoms with Crippen LogP contribution < -0.4 is 9.47 Å². The van der Waals surface area contributed by atoms with Crippen molar-refractivity contribution < 1.29 is 14.6 Å². The molecular formula is C15H18O3. The van der Waals surface area contributed by atoms with Crippen molar-refractivity contribution in [1.29, 1.82) is 0 Å². The molecule has 0 aromatic heterocycles. The molecule has 1 atom stereocenters. The maximum absolute atomic E-state index is 10.1. The molecule has 0 fully saturated rings. The number of ether oxygens (including phenoxy) is 2. The van der Waals surface area contributed by atoms with E-state index in [9.17, 15) is 5.11 Å². The Bertz CT molecular complexity index is 549. The molecule has 3 heteroatoms. The number of benzene rings is 2. The van der Waals surface area contributed by atoms with Crippen LogP contribution in [0.2, 0.25) is 0 Å². The largest absolute Gasteiger partial charge is 0.496 e. The average molecular weight is 246 g/mol. The van der Waals surface area contributed by atoms with E-state index in [0.29, 0.717) is 6.42 Å². The van der Waals surface area contributed by atoms with Crippen molar-refractivity contribution in [3.8, 4) is 11.5 Å². The van der Waals surface area contributed by atoms with Crippen LogP contribution in [0, 0.1) is 0 Å². The number of fused-ring (bicyclic) bond motifs is 1. The van der Waals surface area contributed by atoms with Crippen LogP contribution in [0.25, 0.3) is 10.8 Å². The number of methoxy groups -OCH3 is 2. The van der Waals surface area contributed by atoms with Crippen molar-refractivity contribution in [3.05, 3.63) is 35.9 Å². The van der Waals surface area contributed by atoms with Gasteiger partial charge in [-0.25, -0.2) is 0 Å². The summed E-state index contributed by atoms with van der Waals surface area (Å²) in [7, 11) is 3.26. The van der Waals surface area contributed by atoms with Crippen LogP contribution in [0.3, 0.4) is 0 Å². The molecule has 0 aliphatic heterocycles. The Morgan fingerprint density at radius 1 is 1.11 bits per heavy atom. The van der Waals surface area contributed by atoms with Gasteiger partial charge in [0, 0.05) is 16.3 Å². The van der Waals surface area contributed by atoms with Crippen molar-refractivity contribution in [2.75, 3.05) is 14.2 Å². The maximum atomic E-state index is 10.1. The molecule has 2 rings (SSSR count). The lowest BCUT2D eigenvalue weighted by molar-refractivity contribution is 0.169. The summed E-state index contributed by atoms with van der Waals surface area (Å²) in [4.78, 5) is 0. The molecule has 0 saturated heterocycles. The first-order chi connectivity index (χ1) is 8.72. The summed E-state index contributed by atoms with van der Waals surface area (Å²) in [6.45, 7) is 1.94. The van der Waals surface area contributed by atoms with Crippen molar-refractivity contribution >= 4 is 10.8 Å². The molecular weight excluding hydrogens is 228 g/mol. The molecule has 0 aliphatic carbocycles. The summed E-state index contributed by atoms with van der Waals surface area (Å²) in [5, 5.41) is 12.0. The predicted octanol–water partition coefficient (Wildman–Crippen LogP) is 3.30. The van der Waals surface area contributed by atoms with Gasteiger partial charge in [0.15, 0.2) is 0 Å². The zero-order chi connectivity index (χ0) is 13.1. The minimum atomic E-state index is -0.543. The molecule has 18 heavy (non-hydrogen) atoms. The Kier molecular flexibility index (Phi) is 3.72. The minimum absolute atomic E-state index is 0.543. The molecule has 0 amide bonds. The van der Waals surface area contributed by atoms with E-state index in [1.54, 1.807) is 14.2 Å². The Morgan fingerprint density at radius 3 is 2.33 bits per heavy atom. The Morgan fingerprint density at radius 2 is 1.78 bits per heavy atom. The first-order valence-electron chi connectivity index (χ1n) is 6.04. The Balaban J connectivity index is 2.78. The molecule has 2 aromatic rings. The fourth-order valence-corrected chi connectivity index (χ4v) is 2.20. The molecule has 0 aliphatic rings. The van der Waals surface area contributed by atoms with E-state index in [4.69, 9.17) is 9.47 Å². The molecule has 0 spiro atoms. The first-order valence-corrected chi connectivity index (χ1v) is 6.04. The summed E-state index contributed by atoms with van der Waals surface area (Å²) in [5.41, 5.74) is 0.774. The van der Waals surface area contributed by atoms with Crippen molar-refractivity contribution in [2.24, 2.45) is 0 Å². The van der Waals surface area contributed by atoms with Gasteiger partial charge in [-0.1, -0.05) is 31.2 Å². The van der Waals surface area contributed by atoms with Crippen LogP contribution in [0.15, 0.2) is 30.3 Å². The van der Waals surface area contributed by atoms with Gasteiger partial charge in [-0.2, -0.15) is 0 Å².